The van der Waals surface area contributed by atoms with E-state index in [0.717, 1.165) is 34.8 Å². The highest BCUT2D eigenvalue weighted by Gasteiger charge is 2.17. The highest BCUT2D eigenvalue weighted by atomic mass is 16.1. The number of nitrogens with zero attached hydrogens (tertiary/aromatic N) is 1. The van der Waals surface area contributed by atoms with Gasteiger partial charge in [-0.05, 0) is 60.7 Å². The summed E-state index contributed by atoms with van der Waals surface area (Å²) < 4.78 is 2.32. The van der Waals surface area contributed by atoms with Crippen LogP contribution in [0.15, 0.2) is 54.6 Å². The second-order valence-corrected chi connectivity index (χ2v) is 7.23. The molecule has 2 N–H and O–H groups in total. The van der Waals surface area contributed by atoms with E-state index in [0.29, 0.717) is 5.56 Å². The standard InChI is InChI=1S/C24H24N2O/c1-4-17-11-12-18-22(13-17)26(14-20-15(2)7-5-8-16(20)3)21-10-6-9-19(23(18)21)24(25)27/h5-13H,4,14H2,1-3H3,(H2,25,27). The fourth-order valence-corrected chi connectivity index (χ4v) is 4.04. The zero-order chi connectivity index (χ0) is 19.1. The molecule has 4 aromatic rings. The minimum absolute atomic E-state index is 0.383. The molecule has 0 spiro atoms. The molecule has 0 unspecified atom stereocenters. The van der Waals surface area contributed by atoms with Crippen LogP contribution in [0.2, 0.25) is 0 Å². The molecule has 136 valence electrons. The molecule has 1 amide bonds. The lowest BCUT2D eigenvalue weighted by Gasteiger charge is -2.13. The van der Waals surface area contributed by atoms with Crippen molar-refractivity contribution in [3.63, 3.8) is 0 Å². The molecule has 27 heavy (non-hydrogen) atoms. The van der Waals surface area contributed by atoms with Crippen molar-refractivity contribution < 1.29 is 4.79 Å². The molecular weight excluding hydrogens is 332 g/mol. The van der Waals surface area contributed by atoms with Gasteiger partial charge in [0.15, 0.2) is 0 Å². The molecule has 1 heterocycles. The molecule has 3 nitrogen and oxygen atoms in total. The Morgan fingerprint density at radius 2 is 1.67 bits per heavy atom. The predicted molar refractivity (Wildman–Crippen MR) is 112 cm³/mol. The van der Waals surface area contributed by atoms with Gasteiger partial charge in [-0.1, -0.05) is 43.3 Å². The van der Waals surface area contributed by atoms with Crippen LogP contribution in [0.25, 0.3) is 21.8 Å². The van der Waals surface area contributed by atoms with Gasteiger partial charge in [-0.3, -0.25) is 4.79 Å². The number of hydrogen-bond acceptors (Lipinski definition) is 1. The van der Waals surface area contributed by atoms with Crippen LogP contribution < -0.4 is 5.73 Å². The number of aryl methyl sites for hydroxylation is 3. The minimum atomic E-state index is -0.383. The van der Waals surface area contributed by atoms with Gasteiger partial charge in [-0.2, -0.15) is 0 Å². The maximum Gasteiger partial charge on any atom is 0.249 e. The Morgan fingerprint density at radius 3 is 2.33 bits per heavy atom. The number of rotatable bonds is 4. The summed E-state index contributed by atoms with van der Waals surface area (Å²) in [5.74, 6) is -0.383. The summed E-state index contributed by atoms with van der Waals surface area (Å²) in [5.41, 5.74) is 13.6. The van der Waals surface area contributed by atoms with Crippen LogP contribution in [-0.4, -0.2) is 10.5 Å². The molecule has 0 saturated carbocycles. The van der Waals surface area contributed by atoms with E-state index in [1.807, 2.05) is 12.1 Å². The molecule has 0 aliphatic rings. The van der Waals surface area contributed by atoms with E-state index in [1.165, 1.54) is 22.3 Å². The van der Waals surface area contributed by atoms with Crippen LogP contribution in [0.4, 0.5) is 0 Å². The fraction of sp³-hybridized carbons (Fsp3) is 0.208. The lowest BCUT2D eigenvalue weighted by atomic mass is 10.0. The molecule has 0 bridgehead atoms. The Hall–Kier alpha value is -3.07. The summed E-state index contributed by atoms with van der Waals surface area (Å²) in [6.07, 6.45) is 0.976. The number of nitrogens with two attached hydrogens (primary N) is 1. The Kier molecular flexibility index (Phi) is 4.23. The third-order valence-electron chi connectivity index (χ3n) is 5.59. The lowest BCUT2D eigenvalue weighted by Crippen LogP contribution is -2.11. The number of aromatic nitrogens is 1. The molecule has 0 aliphatic heterocycles. The monoisotopic (exact) mass is 356 g/mol. The molecule has 0 fully saturated rings. The summed E-state index contributed by atoms with van der Waals surface area (Å²) in [6.45, 7) is 7.24. The zero-order valence-corrected chi connectivity index (χ0v) is 16.0. The summed E-state index contributed by atoms with van der Waals surface area (Å²) in [7, 11) is 0. The molecule has 3 heteroatoms. The number of benzene rings is 3. The SMILES string of the molecule is CCc1ccc2c3c(C(N)=O)cccc3n(Cc3c(C)cccc3C)c2c1. The normalized spacial score (nSPS) is 11.4. The second kappa shape index (κ2) is 6.58. The van der Waals surface area contributed by atoms with E-state index in [1.54, 1.807) is 0 Å². The molecule has 0 radical (unpaired) electrons. The first-order valence-corrected chi connectivity index (χ1v) is 9.40. The Balaban J connectivity index is 2.08. The summed E-state index contributed by atoms with van der Waals surface area (Å²) in [5, 5.41) is 2.04. The van der Waals surface area contributed by atoms with Gasteiger partial charge < -0.3 is 10.3 Å². The van der Waals surface area contributed by atoms with Gasteiger partial charge in [0.1, 0.15) is 0 Å². The molecule has 1 aromatic heterocycles. The summed E-state index contributed by atoms with van der Waals surface area (Å²) >= 11 is 0. The van der Waals surface area contributed by atoms with Crippen molar-refractivity contribution in [2.75, 3.05) is 0 Å². The summed E-state index contributed by atoms with van der Waals surface area (Å²) in [4.78, 5) is 12.1. The first-order chi connectivity index (χ1) is 13.0. The average molecular weight is 356 g/mol. The average Bonchev–Trinajstić information content (AvgIpc) is 2.97. The van der Waals surface area contributed by atoms with Crippen molar-refractivity contribution >= 4 is 27.7 Å². The lowest BCUT2D eigenvalue weighted by molar-refractivity contribution is 0.100. The van der Waals surface area contributed by atoms with E-state index >= 15 is 0 Å². The van der Waals surface area contributed by atoms with Crippen LogP contribution in [0.5, 0.6) is 0 Å². The quantitative estimate of drug-likeness (QED) is 0.542. The molecule has 0 atom stereocenters. The highest BCUT2D eigenvalue weighted by Crippen LogP contribution is 2.33. The third kappa shape index (κ3) is 2.80. The number of amides is 1. The number of carbonyl (C=O) groups is 1. The van der Waals surface area contributed by atoms with Gasteiger partial charge in [-0.15, -0.1) is 0 Å². The maximum absolute atomic E-state index is 12.1. The first kappa shape index (κ1) is 17.3. The van der Waals surface area contributed by atoms with Gasteiger partial charge in [0, 0.05) is 28.4 Å². The van der Waals surface area contributed by atoms with E-state index in [9.17, 15) is 4.79 Å². The van der Waals surface area contributed by atoms with E-state index in [-0.39, 0.29) is 5.91 Å². The second-order valence-electron chi connectivity index (χ2n) is 7.23. The third-order valence-corrected chi connectivity index (χ3v) is 5.59. The van der Waals surface area contributed by atoms with Gasteiger partial charge in [0.2, 0.25) is 5.91 Å². The Bertz CT molecular complexity index is 1160. The van der Waals surface area contributed by atoms with Crippen molar-refractivity contribution in [2.24, 2.45) is 5.73 Å². The van der Waals surface area contributed by atoms with Crippen LogP contribution >= 0.6 is 0 Å². The summed E-state index contributed by atoms with van der Waals surface area (Å²) in [6, 6.07) is 18.7. The first-order valence-electron chi connectivity index (χ1n) is 9.40. The predicted octanol–water partition coefficient (Wildman–Crippen LogP) is 5.12. The number of fused-ring (bicyclic) bond motifs is 3. The topological polar surface area (TPSA) is 48.0 Å². The zero-order valence-electron chi connectivity index (χ0n) is 16.0. The van der Waals surface area contributed by atoms with Crippen LogP contribution in [-0.2, 0) is 13.0 Å². The van der Waals surface area contributed by atoms with Crippen molar-refractivity contribution in [2.45, 2.75) is 33.7 Å². The number of carbonyl (C=O) groups excluding carboxylic acids is 1. The van der Waals surface area contributed by atoms with Gasteiger partial charge >= 0.3 is 0 Å². The molecule has 0 saturated heterocycles. The van der Waals surface area contributed by atoms with Crippen LogP contribution in [0.1, 0.15) is 39.5 Å². The fourth-order valence-electron chi connectivity index (χ4n) is 4.04. The Labute approximate surface area is 159 Å². The maximum atomic E-state index is 12.1. The van der Waals surface area contributed by atoms with E-state index in [2.05, 4.69) is 67.8 Å². The molecular formula is C24H24N2O. The largest absolute Gasteiger partial charge is 0.366 e. The van der Waals surface area contributed by atoms with Gasteiger partial charge in [0.05, 0.1) is 5.52 Å². The number of primary amides is 1. The van der Waals surface area contributed by atoms with Gasteiger partial charge in [-0.25, -0.2) is 0 Å². The van der Waals surface area contributed by atoms with E-state index < -0.39 is 0 Å². The number of hydrogen-bond donors (Lipinski definition) is 1. The minimum Gasteiger partial charge on any atom is -0.366 e. The molecule has 4 rings (SSSR count). The smallest absolute Gasteiger partial charge is 0.249 e. The van der Waals surface area contributed by atoms with Crippen molar-refractivity contribution in [3.05, 3.63) is 82.4 Å². The van der Waals surface area contributed by atoms with E-state index in [4.69, 9.17) is 5.73 Å². The Morgan fingerprint density at radius 1 is 0.963 bits per heavy atom. The van der Waals surface area contributed by atoms with Crippen molar-refractivity contribution in [1.29, 1.82) is 0 Å². The highest BCUT2D eigenvalue weighted by molar-refractivity contribution is 6.18. The van der Waals surface area contributed by atoms with Crippen LogP contribution in [0, 0.1) is 13.8 Å². The molecule has 0 aliphatic carbocycles. The molecule has 3 aromatic carbocycles. The van der Waals surface area contributed by atoms with Crippen molar-refractivity contribution in [3.8, 4) is 0 Å². The van der Waals surface area contributed by atoms with Gasteiger partial charge in [0.25, 0.3) is 0 Å². The van der Waals surface area contributed by atoms with Crippen molar-refractivity contribution in [1.82, 2.24) is 4.57 Å². The van der Waals surface area contributed by atoms with Crippen LogP contribution in [0.3, 0.4) is 0 Å².